The van der Waals surface area contributed by atoms with Gasteiger partial charge in [0, 0.05) is 6.54 Å². The van der Waals surface area contributed by atoms with Crippen LogP contribution in [0.4, 0.5) is 0 Å². The van der Waals surface area contributed by atoms with E-state index in [1.807, 2.05) is 0 Å². The van der Waals surface area contributed by atoms with E-state index in [-0.39, 0.29) is 12.4 Å². The third kappa shape index (κ3) is 2.71. The van der Waals surface area contributed by atoms with Crippen molar-refractivity contribution in [3.05, 3.63) is 34.9 Å². The molecule has 2 rings (SSSR count). The van der Waals surface area contributed by atoms with E-state index in [2.05, 4.69) is 37.4 Å². The van der Waals surface area contributed by atoms with Crippen molar-refractivity contribution in [1.29, 1.82) is 0 Å². The molecule has 0 aliphatic carbocycles. The Kier molecular flexibility index (Phi) is 4.58. The Morgan fingerprint density at radius 2 is 2.13 bits per heavy atom. The molecule has 2 nitrogen and oxygen atoms in total. The number of morpholine rings is 1. The number of ether oxygens (including phenoxy) is 1. The Bertz CT molecular complexity index is 321. The summed E-state index contributed by atoms with van der Waals surface area (Å²) in [6.07, 6.45) is 0. The summed E-state index contributed by atoms with van der Waals surface area (Å²) in [6, 6.07) is 6.84. The molecule has 3 heteroatoms. The number of hydrogen-bond donors (Lipinski definition) is 1. The second-order valence-corrected chi connectivity index (χ2v) is 3.87. The predicted octanol–water partition coefficient (Wildman–Crippen LogP) is 2.39. The van der Waals surface area contributed by atoms with Crippen LogP contribution in [-0.2, 0) is 4.74 Å². The van der Waals surface area contributed by atoms with Crippen LogP contribution in [0.1, 0.15) is 22.7 Å². The fourth-order valence-corrected chi connectivity index (χ4v) is 1.92. The Morgan fingerprint density at radius 3 is 2.80 bits per heavy atom. The molecule has 1 saturated heterocycles. The lowest BCUT2D eigenvalue weighted by atomic mass is 9.97. The first-order chi connectivity index (χ1) is 6.79. The van der Waals surface area contributed by atoms with Crippen LogP contribution in [0.3, 0.4) is 0 Å². The van der Waals surface area contributed by atoms with Crippen LogP contribution in [0.25, 0.3) is 0 Å². The standard InChI is InChI=1S/C12H17NO.ClH/c1-9-4-3-5-11(10(9)2)12-8-14-7-6-13-12;/h3-5,12-13H,6-8H2,1-2H3;1H/t12-;/m0./s1. The lowest BCUT2D eigenvalue weighted by Gasteiger charge is -2.26. The molecule has 1 aliphatic rings. The molecule has 1 N–H and O–H groups in total. The summed E-state index contributed by atoms with van der Waals surface area (Å²) in [5, 5.41) is 3.48. The minimum absolute atomic E-state index is 0. The van der Waals surface area contributed by atoms with E-state index in [1.165, 1.54) is 16.7 Å². The van der Waals surface area contributed by atoms with Gasteiger partial charge in [-0.2, -0.15) is 0 Å². The van der Waals surface area contributed by atoms with Gasteiger partial charge < -0.3 is 10.1 Å². The molecule has 0 unspecified atom stereocenters. The zero-order valence-corrected chi connectivity index (χ0v) is 10.1. The Labute approximate surface area is 97.4 Å². The SMILES string of the molecule is Cc1cccc([C@@H]2COCCN2)c1C.Cl. The summed E-state index contributed by atoms with van der Waals surface area (Å²) in [5.74, 6) is 0. The molecule has 0 saturated carbocycles. The fourth-order valence-electron chi connectivity index (χ4n) is 1.92. The van der Waals surface area contributed by atoms with Crippen molar-refractivity contribution in [1.82, 2.24) is 5.32 Å². The third-order valence-corrected chi connectivity index (χ3v) is 2.94. The van der Waals surface area contributed by atoms with Crippen LogP contribution in [0, 0.1) is 13.8 Å². The lowest BCUT2D eigenvalue weighted by Crippen LogP contribution is -2.35. The normalized spacial score (nSPS) is 20.8. The van der Waals surface area contributed by atoms with Crippen molar-refractivity contribution < 1.29 is 4.74 Å². The minimum atomic E-state index is 0. The molecule has 1 aromatic carbocycles. The number of halogens is 1. The number of aryl methyl sites for hydroxylation is 1. The van der Waals surface area contributed by atoms with Gasteiger partial charge in [-0.3, -0.25) is 0 Å². The Hall–Kier alpha value is -0.570. The molecule has 0 bridgehead atoms. The zero-order chi connectivity index (χ0) is 9.97. The van der Waals surface area contributed by atoms with E-state index in [9.17, 15) is 0 Å². The monoisotopic (exact) mass is 227 g/mol. The van der Waals surface area contributed by atoms with Crippen LogP contribution in [0.2, 0.25) is 0 Å². The molecular formula is C12H18ClNO. The second-order valence-electron chi connectivity index (χ2n) is 3.87. The average Bonchev–Trinajstić information content (AvgIpc) is 2.23. The van der Waals surface area contributed by atoms with Crippen LogP contribution in [0.15, 0.2) is 18.2 Å². The molecule has 0 aromatic heterocycles. The molecule has 0 amide bonds. The average molecular weight is 228 g/mol. The molecule has 0 radical (unpaired) electrons. The summed E-state index contributed by atoms with van der Waals surface area (Å²) in [4.78, 5) is 0. The summed E-state index contributed by atoms with van der Waals surface area (Å²) in [6.45, 7) is 6.92. The Balaban J connectivity index is 0.00000112. The molecule has 84 valence electrons. The summed E-state index contributed by atoms with van der Waals surface area (Å²) < 4.78 is 5.47. The molecular weight excluding hydrogens is 210 g/mol. The molecule has 15 heavy (non-hydrogen) atoms. The van der Waals surface area contributed by atoms with Gasteiger partial charge in [0.25, 0.3) is 0 Å². The van der Waals surface area contributed by atoms with Crippen LogP contribution < -0.4 is 5.32 Å². The van der Waals surface area contributed by atoms with Gasteiger partial charge >= 0.3 is 0 Å². The molecule has 0 spiro atoms. The van der Waals surface area contributed by atoms with Crippen LogP contribution >= 0.6 is 12.4 Å². The van der Waals surface area contributed by atoms with Gasteiger partial charge in [-0.15, -0.1) is 12.4 Å². The molecule has 1 aliphatic heterocycles. The van der Waals surface area contributed by atoms with E-state index < -0.39 is 0 Å². The molecule has 1 aromatic rings. The van der Waals surface area contributed by atoms with Gasteiger partial charge in [-0.1, -0.05) is 18.2 Å². The van der Waals surface area contributed by atoms with Crippen molar-refractivity contribution in [2.45, 2.75) is 19.9 Å². The molecule has 1 fully saturated rings. The zero-order valence-electron chi connectivity index (χ0n) is 9.25. The van der Waals surface area contributed by atoms with Crippen LogP contribution in [-0.4, -0.2) is 19.8 Å². The number of rotatable bonds is 1. The fraction of sp³-hybridized carbons (Fsp3) is 0.500. The van der Waals surface area contributed by atoms with E-state index in [0.29, 0.717) is 6.04 Å². The maximum atomic E-state index is 5.47. The van der Waals surface area contributed by atoms with Gasteiger partial charge in [0.15, 0.2) is 0 Å². The smallest absolute Gasteiger partial charge is 0.0662 e. The summed E-state index contributed by atoms with van der Waals surface area (Å²) >= 11 is 0. The van der Waals surface area contributed by atoms with E-state index in [0.717, 1.165) is 19.8 Å². The highest BCUT2D eigenvalue weighted by Crippen LogP contribution is 2.21. The second kappa shape index (κ2) is 5.50. The lowest BCUT2D eigenvalue weighted by molar-refractivity contribution is 0.0767. The van der Waals surface area contributed by atoms with Crippen molar-refractivity contribution in [3.63, 3.8) is 0 Å². The Morgan fingerprint density at radius 1 is 1.33 bits per heavy atom. The quantitative estimate of drug-likeness (QED) is 0.796. The first-order valence-electron chi connectivity index (χ1n) is 5.16. The van der Waals surface area contributed by atoms with Crippen LogP contribution in [0.5, 0.6) is 0 Å². The summed E-state index contributed by atoms with van der Waals surface area (Å²) in [5.41, 5.74) is 4.12. The maximum Gasteiger partial charge on any atom is 0.0662 e. The maximum absolute atomic E-state index is 5.47. The topological polar surface area (TPSA) is 21.3 Å². The van der Waals surface area contributed by atoms with Crippen molar-refractivity contribution in [3.8, 4) is 0 Å². The van der Waals surface area contributed by atoms with Crippen molar-refractivity contribution >= 4 is 12.4 Å². The molecule has 1 atom stereocenters. The van der Waals surface area contributed by atoms with Crippen molar-refractivity contribution in [2.24, 2.45) is 0 Å². The first kappa shape index (κ1) is 12.5. The first-order valence-corrected chi connectivity index (χ1v) is 5.16. The third-order valence-electron chi connectivity index (χ3n) is 2.94. The van der Waals surface area contributed by atoms with E-state index in [4.69, 9.17) is 4.74 Å². The molecule has 1 heterocycles. The van der Waals surface area contributed by atoms with E-state index >= 15 is 0 Å². The van der Waals surface area contributed by atoms with Gasteiger partial charge in [-0.05, 0) is 30.5 Å². The highest BCUT2D eigenvalue weighted by Gasteiger charge is 2.16. The highest BCUT2D eigenvalue weighted by molar-refractivity contribution is 5.85. The number of hydrogen-bond acceptors (Lipinski definition) is 2. The largest absolute Gasteiger partial charge is 0.378 e. The van der Waals surface area contributed by atoms with E-state index in [1.54, 1.807) is 0 Å². The summed E-state index contributed by atoms with van der Waals surface area (Å²) in [7, 11) is 0. The van der Waals surface area contributed by atoms with Gasteiger partial charge in [-0.25, -0.2) is 0 Å². The minimum Gasteiger partial charge on any atom is -0.378 e. The highest BCUT2D eigenvalue weighted by atomic mass is 35.5. The number of nitrogens with one attached hydrogen (secondary N) is 1. The predicted molar refractivity (Wildman–Crippen MR) is 64.7 cm³/mol. The number of benzene rings is 1. The van der Waals surface area contributed by atoms with Gasteiger partial charge in [0.1, 0.15) is 0 Å². The van der Waals surface area contributed by atoms with Gasteiger partial charge in [0.2, 0.25) is 0 Å². The van der Waals surface area contributed by atoms with Gasteiger partial charge in [0.05, 0.1) is 19.3 Å². The van der Waals surface area contributed by atoms with Crippen molar-refractivity contribution in [2.75, 3.05) is 19.8 Å².